The van der Waals surface area contributed by atoms with Crippen LogP contribution in [0.2, 0.25) is 0 Å². The van der Waals surface area contributed by atoms with E-state index in [9.17, 15) is 13.2 Å². The summed E-state index contributed by atoms with van der Waals surface area (Å²) < 4.78 is 34.8. The number of carbonyl (C=O) groups is 1. The molecule has 0 radical (unpaired) electrons. The average molecular weight is 381 g/mol. The van der Waals surface area contributed by atoms with Gasteiger partial charge in [-0.2, -0.15) is 0 Å². The van der Waals surface area contributed by atoms with Gasteiger partial charge in [0.1, 0.15) is 0 Å². The predicted molar refractivity (Wildman–Crippen MR) is 99.4 cm³/mol. The Bertz CT molecular complexity index is 755. The molecule has 2 fully saturated rings. The summed E-state index contributed by atoms with van der Waals surface area (Å²) in [5.74, 6) is 1.22. The Kier molecular flexibility index (Phi) is 5.75. The number of hydrogen-bond acceptors (Lipinski definition) is 5. The number of rotatable bonds is 6. The molecule has 0 spiro atoms. The van der Waals surface area contributed by atoms with Gasteiger partial charge >= 0.3 is 0 Å². The van der Waals surface area contributed by atoms with Crippen molar-refractivity contribution in [1.29, 1.82) is 0 Å². The SMILES string of the molecule is COc1cc(C)ccc1OCC(=O)N(C1CCCC1)[C@@H]1CCS(=O)(=O)C1. The second kappa shape index (κ2) is 7.86. The molecule has 26 heavy (non-hydrogen) atoms. The van der Waals surface area contributed by atoms with Crippen molar-refractivity contribution in [1.82, 2.24) is 4.90 Å². The molecule has 1 aliphatic carbocycles. The van der Waals surface area contributed by atoms with Gasteiger partial charge < -0.3 is 14.4 Å². The van der Waals surface area contributed by atoms with Crippen LogP contribution in [0.4, 0.5) is 0 Å². The zero-order valence-corrected chi connectivity index (χ0v) is 16.3. The molecule has 1 amide bonds. The van der Waals surface area contributed by atoms with E-state index < -0.39 is 9.84 Å². The minimum absolute atomic E-state index is 0.0725. The molecule has 1 aromatic rings. The van der Waals surface area contributed by atoms with Gasteiger partial charge in [0.25, 0.3) is 5.91 Å². The maximum absolute atomic E-state index is 12.9. The lowest BCUT2D eigenvalue weighted by molar-refractivity contribution is -0.137. The predicted octanol–water partition coefficient (Wildman–Crippen LogP) is 2.34. The molecule has 144 valence electrons. The number of amides is 1. The second-order valence-corrected chi connectivity index (χ2v) is 9.47. The molecule has 7 heteroatoms. The number of hydrogen-bond donors (Lipinski definition) is 0. The van der Waals surface area contributed by atoms with Crippen LogP contribution in [0, 0.1) is 6.92 Å². The van der Waals surface area contributed by atoms with Gasteiger partial charge in [-0.15, -0.1) is 0 Å². The highest BCUT2D eigenvalue weighted by molar-refractivity contribution is 7.91. The van der Waals surface area contributed by atoms with Crippen LogP contribution >= 0.6 is 0 Å². The first-order valence-corrected chi connectivity index (χ1v) is 11.0. The smallest absolute Gasteiger partial charge is 0.261 e. The Morgan fingerprint density at radius 1 is 1.15 bits per heavy atom. The Morgan fingerprint density at radius 3 is 2.50 bits per heavy atom. The number of ether oxygens (including phenoxy) is 2. The molecule has 1 atom stereocenters. The first-order valence-electron chi connectivity index (χ1n) is 9.18. The quantitative estimate of drug-likeness (QED) is 0.756. The molecule has 1 heterocycles. The van der Waals surface area contributed by atoms with Crippen LogP contribution in [0.25, 0.3) is 0 Å². The Labute approximate surface area is 155 Å². The molecule has 0 aromatic heterocycles. The number of nitrogens with zero attached hydrogens (tertiary/aromatic N) is 1. The van der Waals surface area contributed by atoms with Gasteiger partial charge in [-0.05, 0) is 43.9 Å². The molecule has 0 bridgehead atoms. The largest absolute Gasteiger partial charge is 0.493 e. The van der Waals surface area contributed by atoms with Gasteiger partial charge in [-0.25, -0.2) is 8.42 Å². The van der Waals surface area contributed by atoms with E-state index in [0.29, 0.717) is 17.9 Å². The van der Waals surface area contributed by atoms with Gasteiger partial charge in [0.15, 0.2) is 27.9 Å². The van der Waals surface area contributed by atoms with Crippen molar-refractivity contribution in [3.63, 3.8) is 0 Å². The number of methoxy groups -OCH3 is 1. The standard InChI is InChI=1S/C19H27NO5S/c1-14-7-8-17(18(11-14)24-2)25-12-19(21)20(15-5-3-4-6-15)16-9-10-26(22,23)13-16/h7-8,11,15-16H,3-6,9-10,12-13H2,1-2H3/t16-/m1/s1. The van der Waals surface area contributed by atoms with Crippen LogP contribution in [0.3, 0.4) is 0 Å². The van der Waals surface area contributed by atoms with Crippen LogP contribution in [0.1, 0.15) is 37.7 Å². The summed E-state index contributed by atoms with van der Waals surface area (Å²) in [6, 6.07) is 5.46. The van der Waals surface area contributed by atoms with Gasteiger partial charge in [-0.3, -0.25) is 4.79 Å². The van der Waals surface area contributed by atoms with Gasteiger partial charge in [0.2, 0.25) is 0 Å². The lowest BCUT2D eigenvalue weighted by Gasteiger charge is -2.34. The van der Waals surface area contributed by atoms with Gasteiger partial charge in [0, 0.05) is 12.1 Å². The molecule has 0 unspecified atom stereocenters. The summed E-state index contributed by atoms with van der Waals surface area (Å²) >= 11 is 0. The Morgan fingerprint density at radius 2 is 1.88 bits per heavy atom. The van der Waals surface area contributed by atoms with Crippen molar-refractivity contribution in [3.8, 4) is 11.5 Å². The normalized spacial score (nSPS) is 22.3. The van der Waals surface area contributed by atoms with E-state index in [4.69, 9.17) is 9.47 Å². The lowest BCUT2D eigenvalue weighted by Crippen LogP contribution is -2.48. The van der Waals surface area contributed by atoms with Crippen LogP contribution < -0.4 is 9.47 Å². The zero-order valence-electron chi connectivity index (χ0n) is 15.4. The third-order valence-corrected chi connectivity index (χ3v) is 7.03. The molecule has 1 aromatic carbocycles. The van der Waals surface area contributed by atoms with E-state index in [-0.39, 0.29) is 36.1 Å². The van der Waals surface area contributed by atoms with Gasteiger partial charge in [-0.1, -0.05) is 18.9 Å². The monoisotopic (exact) mass is 381 g/mol. The first-order chi connectivity index (χ1) is 12.4. The van der Waals surface area contributed by atoms with Crippen molar-refractivity contribution in [2.24, 2.45) is 0 Å². The van der Waals surface area contributed by atoms with E-state index in [1.54, 1.807) is 18.1 Å². The molecule has 0 N–H and O–H groups in total. The zero-order chi connectivity index (χ0) is 18.7. The summed E-state index contributed by atoms with van der Waals surface area (Å²) in [5.41, 5.74) is 1.05. The van der Waals surface area contributed by atoms with E-state index in [2.05, 4.69) is 0 Å². The molecule has 3 rings (SSSR count). The van der Waals surface area contributed by atoms with Crippen molar-refractivity contribution in [2.45, 2.75) is 51.1 Å². The van der Waals surface area contributed by atoms with Crippen LogP contribution in [-0.4, -0.2) is 56.5 Å². The molecular formula is C19H27NO5S. The highest BCUT2D eigenvalue weighted by Crippen LogP contribution is 2.31. The van der Waals surface area contributed by atoms with Crippen LogP contribution in [-0.2, 0) is 14.6 Å². The van der Waals surface area contributed by atoms with E-state index in [1.807, 2.05) is 19.1 Å². The maximum Gasteiger partial charge on any atom is 0.261 e. The van der Waals surface area contributed by atoms with E-state index >= 15 is 0 Å². The number of aryl methyl sites for hydroxylation is 1. The number of sulfone groups is 1. The fraction of sp³-hybridized carbons (Fsp3) is 0.632. The number of carbonyl (C=O) groups excluding carboxylic acids is 1. The van der Waals surface area contributed by atoms with Crippen molar-refractivity contribution >= 4 is 15.7 Å². The molecular weight excluding hydrogens is 354 g/mol. The second-order valence-electron chi connectivity index (χ2n) is 7.24. The summed E-state index contributed by atoms with van der Waals surface area (Å²) in [4.78, 5) is 14.7. The van der Waals surface area contributed by atoms with Crippen molar-refractivity contribution in [3.05, 3.63) is 23.8 Å². The van der Waals surface area contributed by atoms with Crippen LogP contribution in [0.5, 0.6) is 11.5 Å². The van der Waals surface area contributed by atoms with E-state index in [0.717, 1.165) is 31.2 Å². The summed E-state index contributed by atoms with van der Waals surface area (Å²) in [7, 11) is -1.47. The fourth-order valence-corrected chi connectivity index (χ4v) is 5.70. The summed E-state index contributed by atoms with van der Waals surface area (Å²) in [6.45, 7) is 1.85. The highest BCUT2D eigenvalue weighted by atomic mass is 32.2. The topological polar surface area (TPSA) is 72.9 Å². The summed E-state index contributed by atoms with van der Waals surface area (Å²) in [5, 5.41) is 0. The Balaban J connectivity index is 1.71. The molecule has 1 saturated heterocycles. The minimum Gasteiger partial charge on any atom is -0.493 e. The third kappa shape index (κ3) is 4.31. The first kappa shape index (κ1) is 19.0. The van der Waals surface area contributed by atoms with E-state index in [1.165, 1.54) is 0 Å². The van der Waals surface area contributed by atoms with Gasteiger partial charge in [0.05, 0.1) is 18.6 Å². The molecule has 2 aliphatic rings. The average Bonchev–Trinajstić information content (AvgIpc) is 3.24. The highest BCUT2D eigenvalue weighted by Gasteiger charge is 2.39. The van der Waals surface area contributed by atoms with Crippen molar-refractivity contribution in [2.75, 3.05) is 25.2 Å². The third-order valence-electron chi connectivity index (χ3n) is 5.28. The lowest BCUT2D eigenvalue weighted by atomic mass is 10.1. The summed E-state index contributed by atoms with van der Waals surface area (Å²) in [6.07, 6.45) is 4.58. The fourth-order valence-electron chi connectivity index (χ4n) is 3.99. The molecule has 1 aliphatic heterocycles. The van der Waals surface area contributed by atoms with Crippen LogP contribution in [0.15, 0.2) is 18.2 Å². The van der Waals surface area contributed by atoms with Crippen molar-refractivity contribution < 1.29 is 22.7 Å². The molecule has 1 saturated carbocycles. The maximum atomic E-state index is 12.9. The Hall–Kier alpha value is -1.76. The minimum atomic E-state index is -3.04. The number of benzene rings is 1. The molecule has 6 nitrogen and oxygen atoms in total.